The molecule has 0 spiro atoms. The van der Waals surface area contributed by atoms with Crippen molar-refractivity contribution in [3.63, 3.8) is 0 Å². The van der Waals surface area contributed by atoms with Crippen molar-refractivity contribution in [2.24, 2.45) is 0 Å². The summed E-state index contributed by atoms with van der Waals surface area (Å²) < 4.78 is 18.1. The second-order valence-corrected chi connectivity index (χ2v) is 6.72. The SMILES string of the molecule is Nc1nc(-c2cc(Nc3ccc(Cl)cc3CF)ccc2O)ccc1C(=O)OCCO. The van der Waals surface area contributed by atoms with Crippen LogP contribution in [0.1, 0.15) is 15.9 Å². The van der Waals surface area contributed by atoms with E-state index in [-0.39, 0.29) is 30.3 Å². The molecular weight excluding hydrogens is 413 g/mol. The first kappa shape index (κ1) is 21.4. The molecule has 1 heterocycles. The number of aromatic hydroxyl groups is 1. The molecular formula is C21H19ClFN3O4. The van der Waals surface area contributed by atoms with Gasteiger partial charge in [0.1, 0.15) is 30.4 Å². The van der Waals surface area contributed by atoms with Crippen LogP contribution in [0.25, 0.3) is 11.3 Å². The molecule has 2 aromatic carbocycles. The lowest BCUT2D eigenvalue weighted by Crippen LogP contribution is -2.12. The van der Waals surface area contributed by atoms with Crippen molar-refractivity contribution in [3.05, 3.63) is 64.7 Å². The Labute approximate surface area is 176 Å². The predicted molar refractivity (Wildman–Crippen MR) is 113 cm³/mol. The highest BCUT2D eigenvalue weighted by atomic mass is 35.5. The van der Waals surface area contributed by atoms with Crippen molar-refractivity contribution in [3.8, 4) is 17.0 Å². The van der Waals surface area contributed by atoms with E-state index in [1.54, 1.807) is 24.3 Å². The normalized spacial score (nSPS) is 10.6. The minimum absolute atomic E-state index is 0.0507. The summed E-state index contributed by atoms with van der Waals surface area (Å²) in [6, 6.07) is 12.5. The molecule has 5 N–H and O–H groups in total. The second-order valence-electron chi connectivity index (χ2n) is 6.28. The smallest absolute Gasteiger partial charge is 0.341 e. The zero-order valence-corrected chi connectivity index (χ0v) is 16.5. The number of pyridine rings is 1. The van der Waals surface area contributed by atoms with Gasteiger partial charge in [-0.1, -0.05) is 11.6 Å². The lowest BCUT2D eigenvalue weighted by atomic mass is 10.1. The van der Waals surface area contributed by atoms with E-state index in [9.17, 15) is 14.3 Å². The molecule has 156 valence electrons. The molecule has 0 aliphatic heterocycles. The standard InChI is InChI=1S/C21H19ClFN3O4/c22-13-1-4-17(12(9-13)11-23)25-14-2-6-19(28)16(10-14)18-5-3-15(20(24)26-18)21(29)30-8-7-27/h1-6,9-10,25,27-28H,7-8,11H2,(H2,24,26). The number of phenolic OH excluding ortho intramolecular Hbond substituents is 1. The van der Waals surface area contributed by atoms with E-state index < -0.39 is 12.6 Å². The summed E-state index contributed by atoms with van der Waals surface area (Å²) in [7, 11) is 0. The maximum Gasteiger partial charge on any atom is 0.341 e. The van der Waals surface area contributed by atoms with Crippen molar-refractivity contribution in [1.29, 1.82) is 0 Å². The first-order chi connectivity index (χ1) is 14.4. The molecule has 30 heavy (non-hydrogen) atoms. The van der Waals surface area contributed by atoms with Gasteiger partial charge in [0, 0.05) is 27.5 Å². The van der Waals surface area contributed by atoms with E-state index in [4.69, 9.17) is 27.2 Å². The van der Waals surface area contributed by atoms with Crippen LogP contribution in [0, 0.1) is 0 Å². The van der Waals surface area contributed by atoms with Crippen LogP contribution >= 0.6 is 11.6 Å². The molecule has 0 saturated carbocycles. The number of esters is 1. The Kier molecular flexibility index (Phi) is 6.71. The molecule has 3 rings (SSSR count). The van der Waals surface area contributed by atoms with Gasteiger partial charge in [0.05, 0.1) is 12.3 Å². The Balaban J connectivity index is 1.90. The van der Waals surface area contributed by atoms with Crippen LogP contribution in [0.2, 0.25) is 5.02 Å². The summed E-state index contributed by atoms with van der Waals surface area (Å²) >= 11 is 5.91. The monoisotopic (exact) mass is 431 g/mol. The third-order valence-corrected chi connectivity index (χ3v) is 4.47. The summed E-state index contributed by atoms with van der Waals surface area (Å²) in [5, 5.41) is 22.5. The van der Waals surface area contributed by atoms with E-state index in [0.717, 1.165) is 0 Å². The molecule has 0 unspecified atom stereocenters. The molecule has 0 aliphatic carbocycles. The molecule has 0 bridgehead atoms. The van der Waals surface area contributed by atoms with Crippen LogP contribution in [0.3, 0.4) is 0 Å². The number of hydrogen-bond acceptors (Lipinski definition) is 7. The number of aliphatic hydroxyl groups is 1. The van der Waals surface area contributed by atoms with Crippen LogP contribution in [0.15, 0.2) is 48.5 Å². The average molecular weight is 432 g/mol. The van der Waals surface area contributed by atoms with Crippen LogP contribution < -0.4 is 11.1 Å². The Morgan fingerprint density at radius 1 is 1.20 bits per heavy atom. The van der Waals surface area contributed by atoms with E-state index in [1.807, 2.05) is 0 Å². The summed E-state index contributed by atoms with van der Waals surface area (Å²) in [4.78, 5) is 16.1. The van der Waals surface area contributed by atoms with Gasteiger partial charge in [-0.2, -0.15) is 0 Å². The van der Waals surface area contributed by atoms with E-state index in [1.165, 1.54) is 24.3 Å². The summed E-state index contributed by atoms with van der Waals surface area (Å²) in [6.07, 6.45) is 0. The minimum Gasteiger partial charge on any atom is -0.507 e. The van der Waals surface area contributed by atoms with Crippen molar-refractivity contribution < 1.29 is 24.1 Å². The minimum atomic E-state index is -0.707. The molecule has 1 aromatic heterocycles. The number of hydrogen-bond donors (Lipinski definition) is 4. The van der Waals surface area contributed by atoms with E-state index in [0.29, 0.717) is 33.2 Å². The summed E-state index contributed by atoms with van der Waals surface area (Å²) in [5.41, 5.74) is 8.11. The number of alkyl halides is 1. The number of aliphatic hydroxyl groups excluding tert-OH is 1. The Morgan fingerprint density at radius 3 is 2.70 bits per heavy atom. The number of nitrogens with zero attached hydrogens (tertiary/aromatic N) is 1. The zero-order chi connectivity index (χ0) is 21.7. The number of ether oxygens (including phenoxy) is 1. The van der Waals surface area contributed by atoms with Crippen LogP contribution in [-0.2, 0) is 11.4 Å². The fourth-order valence-corrected chi connectivity index (χ4v) is 2.98. The predicted octanol–water partition coefficient (Wildman–Crippen LogP) is 4.05. The molecule has 9 heteroatoms. The van der Waals surface area contributed by atoms with Gasteiger partial charge in [0.25, 0.3) is 0 Å². The molecule has 7 nitrogen and oxygen atoms in total. The van der Waals surface area contributed by atoms with E-state index in [2.05, 4.69) is 10.3 Å². The molecule has 0 radical (unpaired) electrons. The van der Waals surface area contributed by atoms with Gasteiger partial charge in [0.2, 0.25) is 0 Å². The van der Waals surface area contributed by atoms with Gasteiger partial charge in [-0.25, -0.2) is 14.2 Å². The largest absolute Gasteiger partial charge is 0.507 e. The van der Waals surface area contributed by atoms with E-state index >= 15 is 0 Å². The van der Waals surface area contributed by atoms with Crippen molar-refractivity contribution >= 4 is 34.8 Å². The summed E-state index contributed by atoms with van der Waals surface area (Å²) in [5.74, 6) is -0.836. The summed E-state index contributed by atoms with van der Waals surface area (Å²) in [6.45, 7) is -1.15. The fraction of sp³-hybridized carbons (Fsp3) is 0.143. The van der Waals surface area contributed by atoms with Gasteiger partial charge in [-0.3, -0.25) is 0 Å². The lowest BCUT2D eigenvalue weighted by molar-refractivity contribution is 0.0434. The Morgan fingerprint density at radius 2 is 2.00 bits per heavy atom. The highest BCUT2D eigenvalue weighted by molar-refractivity contribution is 6.30. The molecule has 0 atom stereocenters. The number of anilines is 3. The second kappa shape index (κ2) is 9.43. The molecule has 0 saturated heterocycles. The van der Waals surface area contributed by atoms with Gasteiger partial charge < -0.3 is 26.0 Å². The fourth-order valence-electron chi connectivity index (χ4n) is 2.78. The van der Waals surface area contributed by atoms with Crippen molar-refractivity contribution in [1.82, 2.24) is 4.98 Å². The number of nitrogens with two attached hydrogens (primary N) is 1. The van der Waals surface area contributed by atoms with Crippen LogP contribution in [0.4, 0.5) is 21.6 Å². The first-order valence-corrected chi connectivity index (χ1v) is 9.30. The number of nitrogen functional groups attached to an aromatic ring is 1. The Hall–Kier alpha value is -3.36. The van der Waals surface area contributed by atoms with Gasteiger partial charge in [-0.15, -0.1) is 0 Å². The van der Waals surface area contributed by atoms with Crippen molar-refractivity contribution in [2.45, 2.75) is 6.67 Å². The average Bonchev–Trinajstić information content (AvgIpc) is 2.74. The zero-order valence-electron chi connectivity index (χ0n) is 15.7. The molecule has 0 amide bonds. The maximum atomic E-state index is 13.3. The highest BCUT2D eigenvalue weighted by Gasteiger charge is 2.15. The number of carbonyl (C=O) groups excluding carboxylic acids is 1. The number of carbonyl (C=O) groups is 1. The number of nitrogens with one attached hydrogen (secondary N) is 1. The van der Waals surface area contributed by atoms with Crippen LogP contribution in [-0.4, -0.2) is 34.4 Å². The van der Waals surface area contributed by atoms with Gasteiger partial charge in [-0.05, 0) is 48.5 Å². The highest BCUT2D eigenvalue weighted by Crippen LogP contribution is 2.33. The first-order valence-electron chi connectivity index (χ1n) is 8.92. The number of halogens is 2. The maximum absolute atomic E-state index is 13.3. The van der Waals surface area contributed by atoms with Gasteiger partial charge >= 0.3 is 5.97 Å². The topological polar surface area (TPSA) is 118 Å². The quantitative estimate of drug-likeness (QED) is 0.329. The molecule has 3 aromatic rings. The molecule has 0 aliphatic rings. The number of aromatic nitrogens is 1. The number of rotatable bonds is 7. The lowest BCUT2D eigenvalue weighted by Gasteiger charge is -2.13. The van der Waals surface area contributed by atoms with Crippen LogP contribution in [0.5, 0.6) is 5.75 Å². The third kappa shape index (κ3) is 4.79. The third-order valence-electron chi connectivity index (χ3n) is 4.23. The number of benzene rings is 2. The molecule has 0 fully saturated rings. The Bertz CT molecular complexity index is 1080. The van der Waals surface area contributed by atoms with Crippen molar-refractivity contribution in [2.75, 3.05) is 24.3 Å². The van der Waals surface area contributed by atoms with Gasteiger partial charge in [0.15, 0.2) is 0 Å². The number of phenols is 1.